The van der Waals surface area contributed by atoms with Gasteiger partial charge in [-0.3, -0.25) is 9.78 Å². The van der Waals surface area contributed by atoms with Gasteiger partial charge < -0.3 is 10.0 Å². The largest absolute Gasteiger partial charge is 0.504 e. The number of nitrogens with zero attached hydrogens (tertiary/aromatic N) is 3. The normalized spacial score (nSPS) is 10.7. The lowest BCUT2D eigenvalue weighted by Crippen LogP contribution is -2.31. The standard InChI is InChI=1S/C22H17N3O2/c26-21-19-17(10-7-13-23-19)14-24-20(21)22(27)25(18-11-5-2-6-12-18)15-16-8-3-1-4-9-16/h1-14,26H,15H2. The second kappa shape index (κ2) is 7.25. The number of benzene rings is 2. The number of hydrogen-bond donors (Lipinski definition) is 1. The molecule has 0 aliphatic carbocycles. The summed E-state index contributed by atoms with van der Waals surface area (Å²) < 4.78 is 0. The van der Waals surface area contributed by atoms with Crippen molar-refractivity contribution in [2.24, 2.45) is 0 Å². The lowest BCUT2D eigenvalue weighted by molar-refractivity contribution is 0.0977. The van der Waals surface area contributed by atoms with E-state index in [0.717, 1.165) is 11.3 Å². The predicted molar refractivity (Wildman–Crippen MR) is 105 cm³/mol. The Hall–Kier alpha value is -3.73. The molecule has 1 amide bonds. The SMILES string of the molecule is O=C(c1ncc2cccnc2c1O)N(Cc1ccccc1)c1ccccc1. The first-order valence-electron chi connectivity index (χ1n) is 8.57. The quantitative estimate of drug-likeness (QED) is 0.596. The molecule has 2 heterocycles. The number of para-hydroxylation sites is 1. The summed E-state index contributed by atoms with van der Waals surface area (Å²) in [5.41, 5.74) is 2.06. The molecule has 0 spiro atoms. The van der Waals surface area contributed by atoms with Crippen LogP contribution in [0.5, 0.6) is 5.75 Å². The number of carbonyl (C=O) groups is 1. The van der Waals surface area contributed by atoms with Gasteiger partial charge in [-0.1, -0.05) is 48.5 Å². The first-order valence-corrected chi connectivity index (χ1v) is 8.57. The van der Waals surface area contributed by atoms with Crippen molar-refractivity contribution in [3.63, 3.8) is 0 Å². The Morgan fingerprint density at radius 2 is 1.59 bits per heavy atom. The van der Waals surface area contributed by atoms with E-state index in [9.17, 15) is 9.90 Å². The topological polar surface area (TPSA) is 66.3 Å². The zero-order valence-corrected chi connectivity index (χ0v) is 14.5. The molecule has 2 aromatic carbocycles. The molecule has 5 heteroatoms. The van der Waals surface area contributed by atoms with Gasteiger partial charge in [0.1, 0.15) is 5.52 Å². The Morgan fingerprint density at radius 3 is 2.33 bits per heavy atom. The van der Waals surface area contributed by atoms with Crippen molar-refractivity contribution in [3.8, 4) is 5.75 Å². The van der Waals surface area contributed by atoms with Gasteiger partial charge in [-0.25, -0.2) is 4.98 Å². The summed E-state index contributed by atoms with van der Waals surface area (Å²) in [6, 6.07) is 22.6. The molecule has 132 valence electrons. The highest BCUT2D eigenvalue weighted by Crippen LogP contribution is 2.28. The maximum Gasteiger partial charge on any atom is 0.281 e. The summed E-state index contributed by atoms with van der Waals surface area (Å²) in [6.45, 7) is 0.366. The van der Waals surface area contributed by atoms with Crippen molar-refractivity contribution < 1.29 is 9.90 Å². The maximum atomic E-state index is 13.3. The highest BCUT2D eigenvalue weighted by Gasteiger charge is 2.24. The Kier molecular flexibility index (Phi) is 4.49. The van der Waals surface area contributed by atoms with Crippen molar-refractivity contribution in [2.45, 2.75) is 6.54 Å². The highest BCUT2D eigenvalue weighted by molar-refractivity contribution is 6.08. The molecule has 0 atom stereocenters. The molecular formula is C22H17N3O2. The number of aromatic hydroxyl groups is 1. The van der Waals surface area contributed by atoms with Gasteiger partial charge >= 0.3 is 0 Å². The number of amides is 1. The van der Waals surface area contributed by atoms with Crippen LogP contribution in [-0.4, -0.2) is 21.0 Å². The fourth-order valence-corrected chi connectivity index (χ4v) is 2.97. The Balaban J connectivity index is 1.78. The molecule has 0 saturated carbocycles. The Labute approximate surface area is 156 Å². The molecule has 0 unspecified atom stereocenters. The van der Waals surface area contributed by atoms with Crippen LogP contribution in [0.2, 0.25) is 0 Å². The van der Waals surface area contributed by atoms with Gasteiger partial charge in [-0.2, -0.15) is 0 Å². The number of hydrogen-bond acceptors (Lipinski definition) is 4. The van der Waals surface area contributed by atoms with Gasteiger partial charge in [-0.05, 0) is 29.8 Å². The molecule has 0 fully saturated rings. The average molecular weight is 355 g/mol. The monoisotopic (exact) mass is 355 g/mol. The lowest BCUT2D eigenvalue weighted by Gasteiger charge is -2.23. The zero-order valence-electron chi connectivity index (χ0n) is 14.5. The molecule has 4 rings (SSSR count). The van der Waals surface area contributed by atoms with Crippen molar-refractivity contribution in [1.82, 2.24) is 9.97 Å². The minimum absolute atomic E-state index is 0.0130. The van der Waals surface area contributed by atoms with E-state index in [0.29, 0.717) is 17.4 Å². The van der Waals surface area contributed by atoms with Crippen molar-refractivity contribution in [2.75, 3.05) is 4.90 Å². The molecule has 0 aliphatic rings. The summed E-state index contributed by atoms with van der Waals surface area (Å²) >= 11 is 0. The third kappa shape index (κ3) is 3.35. The molecule has 2 aromatic heterocycles. The molecule has 27 heavy (non-hydrogen) atoms. The summed E-state index contributed by atoms with van der Waals surface area (Å²) in [5.74, 6) is -0.581. The third-order valence-corrected chi connectivity index (χ3v) is 4.32. The number of aromatic nitrogens is 2. The Morgan fingerprint density at radius 1 is 0.889 bits per heavy atom. The second-order valence-corrected chi connectivity index (χ2v) is 6.11. The molecular weight excluding hydrogens is 338 g/mol. The summed E-state index contributed by atoms with van der Waals surface area (Å²) in [4.78, 5) is 23.3. The smallest absolute Gasteiger partial charge is 0.281 e. The van der Waals surface area contributed by atoms with Crippen LogP contribution in [0.1, 0.15) is 16.1 Å². The van der Waals surface area contributed by atoms with E-state index in [-0.39, 0.29) is 17.4 Å². The summed E-state index contributed by atoms with van der Waals surface area (Å²) in [5, 5.41) is 11.3. The van der Waals surface area contributed by atoms with Crippen LogP contribution in [0.25, 0.3) is 10.9 Å². The van der Waals surface area contributed by atoms with Crippen LogP contribution in [0.15, 0.2) is 85.2 Å². The van der Waals surface area contributed by atoms with E-state index >= 15 is 0 Å². The zero-order chi connectivity index (χ0) is 18.6. The highest BCUT2D eigenvalue weighted by atomic mass is 16.3. The fraction of sp³-hybridized carbons (Fsp3) is 0.0455. The first kappa shape index (κ1) is 16.7. The molecule has 0 radical (unpaired) electrons. The van der Waals surface area contributed by atoms with E-state index < -0.39 is 0 Å². The van der Waals surface area contributed by atoms with E-state index in [1.54, 1.807) is 29.4 Å². The van der Waals surface area contributed by atoms with Crippen LogP contribution in [0, 0.1) is 0 Å². The summed E-state index contributed by atoms with van der Waals surface area (Å²) in [6.07, 6.45) is 3.14. The van der Waals surface area contributed by atoms with E-state index in [4.69, 9.17) is 0 Å². The van der Waals surface area contributed by atoms with Crippen LogP contribution in [-0.2, 0) is 6.54 Å². The lowest BCUT2D eigenvalue weighted by atomic mass is 10.1. The van der Waals surface area contributed by atoms with Crippen molar-refractivity contribution in [1.29, 1.82) is 0 Å². The van der Waals surface area contributed by atoms with Gasteiger partial charge in [0.25, 0.3) is 5.91 Å². The minimum Gasteiger partial charge on any atom is -0.504 e. The maximum absolute atomic E-state index is 13.3. The number of anilines is 1. The van der Waals surface area contributed by atoms with Crippen LogP contribution >= 0.6 is 0 Å². The van der Waals surface area contributed by atoms with E-state index in [1.165, 1.54) is 0 Å². The van der Waals surface area contributed by atoms with Gasteiger partial charge in [0.2, 0.25) is 0 Å². The molecule has 0 bridgehead atoms. The van der Waals surface area contributed by atoms with Crippen LogP contribution in [0.3, 0.4) is 0 Å². The fourth-order valence-electron chi connectivity index (χ4n) is 2.97. The number of rotatable bonds is 4. The van der Waals surface area contributed by atoms with Crippen molar-refractivity contribution >= 4 is 22.5 Å². The van der Waals surface area contributed by atoms with Crippen molar-refractivity contribution in [3.05, 3.63) is 96.4 Å². The molecule has 4 aromatic rings. The Bertz CT molecular complexity index is 1080. The average Bonchev–Trinajstić information content (AvgIpc) is 2.73. The van der Waals surface area contributed by atoms with Gasteiger partial charge in [0.15, 0.2) is 11.4 Å². The minimum atomic E-state index is -0.380. The number of carbonyl (C=O) groups excluding carboxylic acids is 1. The number of pyridine rings is 2. The van der Waals surface area contributed by atoms with Crippen LogP contribution in [0.4, 0.5) is 5.69 Å². The molecule has 0 saturated heterocycles. The first-order chi connectivity index (χ1) is 13.2. The van der Waals surface area contributed by atoms with E-state index in [2.05, 4.69) is 9.97 Å². The van der Waals surface area contributed by atoms with Gasteiger partial charge in [0.05, 0.1) is 6.54 Å². The van der Waals surface area contributed by atoms with Gasteiger partial charge in [0, 0.05) is 23.5 Å². The molecule has 1 N–H and O–H groups in total. The van der Waals surface area contributed by atoms with Crippen LogP contribution < -0.4 is 4.90 Å². The van der Waals surface area contributed by atoms with Gasteiger partial charge in [-0.15, -0.1) is 0 Å². The molecule has 5 nitrogen and oxygen atoms in total. The van der Waals surface area contributed by atoms with E-state index in [1.807, 2.05) is 60.7 Å². The number of fused-ring (bicyclic) bond motifs is 1. The summed E-state index contributed by atoms with van der Waals surface area (Å²) in [7, 11) is 0. The molecule has 0 aliphatic heterocycles. The predicted octanol–water partition coefficient (Wildman–Crippen LogP) is 4.18. The third-order valence-electron chi connectivity index (χ3n) is 4.32. The second-order valence-electron chi connectivity index (χ2n) is 6.11.